The second-order valence-electron chi connectivity index (χ2n) is 5.55. The molecule has 0 saturated carbocycles. The minimum atomic E-state index is -0.157. The fourth-order valence-corrected chi connectivity index (χ4v) is 3.80. The lowest BCUT2D eigenvalue weighted by atomic mass is 9.94. The summed E-state index contributed by atoms with van der Waals surface area (Å²) in [6, 6.07) is 9.75. The van der Waals surface area contributed by atoms with E-state index in [4.69, 9.17) is 0 Å². The Bertz CT molecular complexity index is 608. The van der Waals surface area contributed by atoms with Crippen molar-refractivity contribution in [1.82, 2.24) is 0 Å². The average molecular weight is 335 g/mol. The van der Waals surface area contributed by atoms with E-state index >= 15 is 0 Å². The lowest BCUT2D eigenvalue weighted by Gasteiger charge is -2.18. The number of halogens is 2. The molecule has 20 heavy (non-hydrogen) atoms. The monoisotopic (exact) mass is 334 g/mol. The van der Waals surface area contributed by atoms with Crippen molar-refractivity contribution in [1.29, 1.82) is 0 Å². The van der Waals surface area contributed by atoms with Gasteiger partial charge in [0.25, 0.3) is 0 Å². The highest BCUT2D eigenvalue weighted by atomic mass is 79.9. The van der Waals surface area contributed by atoms with Crippen LogP contribution in [0.15, 0.2) is 30.3 Å². The molecule has 0 bridgehead atoms. The third-order valence-corrected chi connectivity index (χ3v) is 4.56. The van der Waals surface area contributed by atoms with Gasteiger partial charge in [-0.2, -0.15) is 0 Å². The van der Waals surface area contributed by atoms with Crippen molar-refractivity contribution >= 4 is 15.9 Å². The van der Waals surface area contributed by atoms with E-state index in [0.717, 1.165) is 17.5 Å². The standard InChI is InChI=1S/C18H20BrF/c1-11-5-6-12(2)15(7-11)10-17(19)18-13(3)8-16(20)9-14(18)4/h5-9,17H,10H2,1-4H3. The third kappa shape index (κ3) is 3.29. The van der Waals surface area contributed by atoms with Gasteiger partial charge in [0.15, 0.2) is 0 Å². The van der Waals surface area contributed by atoms with E-state index in [1.807, 2.05) is 13.8 Å². The predicted octanol–water partition coefficient (Wildman–Crippen LogP) is 5.74. The van der Waals surface area contributed by atoms with E-state index in [1.165, 1.54) is 22.3 Å². The quantitative estimate of drug-likeness (QED) is 0.628. The summed E-state index contributed by atoms with van der Waals surface area (Å²) >= 11 is 3.79. The Hall–Kier alpha value is -1.15. The number of alkyl halides is 1. The zero-order chi connectivity index (χ0) is 14.9. The molecular formula is C18H20BrF. The molecule has 0 aliphatic heterocycles. The Balaban J connectivity index is 2.33. The molecule has 0 saturated heterocycles. The molecule has 1 unspecified atom stereocenters. The van der Waals surface area contributed by atoms with Crippen molar-refractivity contribution in [3.63, 3.8) is 0 Å². The van der Waals surface area contributed by atoms with Gasteiger partial charge in [-0.25, -0.2) is 4.39 Å². The first-order valence-corrected chi connectivity index (χ1v) is 7.77. The minimum Gasteiger partial charge on any atom is -0.207 e. The molecule has 1 atom stereocenters. The summed E-state index contributed by atoms with van der Waals surface area (Å²) in [5.74, 6) is -0.157. The predicted molar refractivity (Wildman–Crippen MR) is 87.2 cm³/mol. The van der Waals surface area contributed by atoms with E-state index in [9.17, 15) is 4.39 Å². The van der Waals surface area contributed by atoms with Crippen molar-refractivity contribution in [2.75, 3.05) is 0 Å². The summed E-state index contributed by atoms with van der Waals surface area (Å²) in [6.07, 6.45) is 0.917. The Labute approximate surface area is 129 Å². The minimum absolute atomic E-state index is 0.157. The molecule has 0 aromatic heterocycles. The number of rotatable bonds is 3. The van der Waals surface area contributed by atoms with Gasteiger partial charge >= 0.3 is 0 Å². The van der Waals surface area contributed by atoms with Gasteiger partial charge in [0.1, 0.15) is 5.82 Å². The fourth-order valence-electron chi connectivity index (χ4n) is 2.73. The molecule has 0 N–H and O–H groups in total. The zero-order valence-corrected chi connectivity index (χ0v) is 14.0. The number of benzene rings is 2. The first kappa shape index (κ1) is 15.2. The van der Waals surface area contributed by atoms with E-state index < -0.39 is 0 Å². The SMILES string of the molecule is Cc1ccc(C)c(CC(Br)c2c(C)cc(F)cc2C)c1. The van der Waals surface area contributed by atoms with E-state index in [2.05, 4.69) is 48.0 Å². The molecule has 2 aromatic rings. The largest absolute Gasteiger partial charge is 0.207 e. The second kappa shape index (κ2) is 6.09. The van der Waals surface area contributed by atoms with Crippen LogP contribution < -0.4 is 0 Å². The Morgan fingerprint density at radius 2 is 1.55 bits per heavy atom. The summed E-state index contributed by atoms with van der Waals surface area (Å²) in [7, 11) is 0. The van der Waals surface area contributed by atoms with Crippen molar-refractivity contribution in [2.24, 2.45) is 0 Å². The number of hydrogen-bond donors (Lipinski definition) is 0. The molecule has 0 amide bonds. The average Bonchev–Trinajstić information content (AvgIpc) is 2.32. The first-order chi connectivity index (χ1) is 9.38. The maximum absolute atomic E-state index is 13.4. The first-order valence-electron chi connectivity index (χ1n) is 6.85. The molecule has 0 aliphatic rings. The molecule has 2 aromatic carbocycles. The van der Waals surface area contributed by atoms with Crippen LogP contribution in [0.25, 0.3) is 0 Å². The van der Waals surface area contributed by atoms with Crippen molar-refractivity contribution in [3.8, 4) is 0 Å². The van der Waals surface area contributed by atoms with Crippen LogP contribution in [0.2, 0.25) is 0 Å². The van der Waals surface area contributed by atoms with Crippen LogP contribution in [0.1, 0.15) is 38.2 Å². The molecule has 0 heterocycles. The van der Waals surface area contributed by atoms with E-state index in [1.54, 1.807) is 12.1 Å². The molecule has 0 nitrogen and oxygen atoms in total. The van der Waals surface area contributed by atoms with Gasteiger partial charge in [0.05, 0.1) is 0 Å². The highest BCUT2D eigenvalue weighted by molar-refractivity contribution is 9.09. The van der Waals surface area contributed by atoms with E-state index in [-0.39, 0.29) is 10.6 Å². The van der Waals surface area contributed by atoms with Gasteiger partial charge in [0, 0.05) is 4.83 Å². The smallest absolute Gasteiger partial charge is 0.123 e. The van der Waals surface area contributed by atoms with Gasteiger partial charge in [-0.3, -0.25) is 0 Å². The summed E-state index contributed by atoms with van der Waals surface area (Å²) < 4.78 is 13.4. The zero-order valence-electron chi connectivity index (χ0n) is 12.4. The van der Waals surface area contributed by atoms with E-state index in [0.29, 0.717) is 0 Å². The van der Waals surface area contributed by atoms with Crippen LogP contribution in [-0.4, -0.2) is 0 Å². The lowest BCUT2D eigenvalue weighted by molar-refractivity contribution is 0.624. The van der Waals surface area contributed by atoms with Crippen LogP contribution in [0.5, 0.6) is 0 Å². The Morgan fingerprint density at radius 1 is 0.950 bits per heavy atom. The van der Waals surface area contributed by atoms with Crippen molar-refractivity contribution in [2.45, 2.75) is 38.9 Å². The summed E-state index contributed by atoms with van der Waals surface area (Å²) in [5.41, 5.74) is 7.14. The van der Waals surface area contributed by atoms with Crippen molar-refractivity contribution in [3.05, 3.63) is 69.5 Å². The summed E-state index contributed by atoms with van der Waals surface area (Å²) in [6.45, 7) is 8.20. The summed E-state index contributed by atoms with van der Waals surface area (Å²) in [4.78, 5) is 0.212. The molecule has 0 radical (unpaired) electrons. The van der Waals surface area contributed by atoms with Gasteiger partial charge < -0.3 is 0 Å². The molecular weight excluding hydrogens is 315 g/mol. The molecule has 2 rings (SSSR count). The van der Waals surface area contributed by atoms with Crippen LogP contribution in [0, 0.1) is 33.5 Å². The van der Waals surface area contributed by atoms with Gasteiger partial charge in [0.2, 0.25) is 0 Å². The third-order valence-electron chi connectivity index (χ3n) is 3.78. The van der Waals surface area contributed by atoms with Crippen LogP contribution in [0.3, 0.4) is 0 Å². The molecule has 2 heteroatoms. The van der Waals surface area contributed by atoms with Gasteiger partial charge in [-0.05, 0) is 74.1 Å². The van der Waals surface area contributed by atoms with Crippen LogP contribution in [0.4, 0.5) is 4.39 Å². The summed E-state index contributed by atoms with van der Waals surface area (Å²) in [5, 5.41) is 0. The topological polar surface area (TPSA) is 0 Å². The molecule has 0 spiro atoms. The highest BCUT2D eigenvalue weighted by Gasteiger charge is 2.16. The molecule has 0 fully saturated rings. The van der Waals surface area contributed by atoms with Crippen LogP contribution in [-0.2, 0) is 6.42 Å². The molecule has 0 aliphatic carbocycles. The number of hydrogen-bond acceptors (Lipinski definition) is 0. The maximum Gasteiger partial charge on any atom is 0.123 e. The van der Waals surface area contributed by atoms with Gasteiger partial charge in [-0.15, -0.1) is 0 Å². The van der Waals surface area contributed by atoms with Crippen molar-refractivity contribution < 1.29 is 4.39 Å². The maximum atomic E-state index is 13.4. The number of aryl methyl sites for hydroxylation is 4. The molecule has 106 valence electrons. The van der Waals surface area contributed by atoms with Crippen LogP contribution >= 0.6 is 15.9 Å². The Kier molecular flexibility index (Phi) is 4.64. The highest BCUT2D eigenvalue weighted by Crippen LogP contribution is 2.33. The second-order valence-corrected chi connectivity index (χ2v) is 6.66. The lowest BCUT2D eigenvalue weighted by Crippen LogP contribution is -2.03. The Morgan fingerprint density at radius 3 is 2.15 bits per heavy atom. The van der Waals surface area contributed by atoms with Gasteiger partial charge in [-0.1, -0.05) is 39.7 Å². The fraction of sp³-hybridized carbons (Fsp3) is 0.333. The normalized spacial score (nSPS) is 12.5.